The third kappa shape index (κ3) is 2.42. The van der Waals surface area contributed by atoms with E-state index in [1.165, 1.54) is 0 Å². The fourth-order valence-corrected chi connectivity index (χ4v) is 2.05. The van der Waals surface area contributed by atoms with Gasteiger partial charge >= 0.3 is 59.1 Å². The number of fused-ring (bicyclic) bond motifs is 2. The van der Waals surface area contributed by atoms with Gasteiger partial charge in [-0.2, -0.15) is 0 Å². The molecule has 0 heterocycles. The third-order valence-electron chi connectivity index (χ3n) is 2.83. The molecule has 1 aliphatic rings. The van der Waals surface area contributed by atoms with Gasteiger partial charge in [-0.05, 0) is 0 Å². The number of rotatable bonds is 0. The van der Waals surface area contributed by atoms with E-state index >= 15 is 0 Å². The predicted molar refractivity (Wildman–Crippen MR) is 74.0 cm³/mol. The van der Waals surface area contributed by atoms with Crippen molar-refractivity contribution >= 4 is 70.7 Å². The number of benzene rings is 2. The summed E-state index contributed by atoms with van der Waals surface area (Å²) in [4.78, 5) is 24.2. The van der Waals surface area contributed by atoms with Gasteiger partial charge in [0, 0.05) is 22.3 Å². The molecular formula is C14H10Na2O2. The van der Waals surface area contributed by atoms with Crippen LogP contribution in [0, 0.1) is 0 Å². The second-order valence-corrected chi connectivity index (χ2v) is 3.75. The van der Waals surface area contributed by atoms with Crippen LogP contribution in [-0.4, -0.2) is 70.7 Å². The van der Waals surface area contributed by atoms with E-state index in [0.29, 0.717) is 22.3 Å². The van der Waals surface area contributed by atoms with Gasteiger partial charge in [-0.3, -0.25) is 9.59 Å². The first-order chi connectivity index (χ1) is 7.79. The van der Waals surface area contributed by atoms with E-state index in [4.69, 9.17) is 0 Å². The van der Waals surface area contributed by atoms with Gasteiger partial charge in [0.1, 0.15) is 0 Å². The van der Waals surface area contributed by atoms with Crippen LogP contribution in [-0.2, 0) is 0 Å². The normalized spacial score (nSPS) is 11.8. The van der Waals surface area contributed by atoms with Crippen LogP contribution in [0.4, 0.5) is 0 Å². The van der Waals surface area contributed by atoms with E-state index in [-0.39, 0.29) is 70.7 Å². The van der Waals surface area contributed by atoms with Crippen molar-refractivity contribution in [3.05, 3.63) is 70.8 Å². The maximum absolute atomic E-state index is 12.1. The summed E-state index contributed by atoms with van der Waals surface area (Å²) in [5.41, 5.74) is 2.02. The molecule has 80 valence electrons. The predicted octanol–water partition coefficient (Wildman–Crippen LogP) is 1.16. The van der Waals surface area contributed by atoms with Crippen LogP contribution < -0.4 is 0 Å². The summed E-state index contributed by atoms with van der Waals surface area (Å²) in [7, 11) is 0. The summed E-state index contributed by atoms with van der Waals surface area (Å²) in [5, 5.41) is 0. The van der Waals surface area contributed by atoms with Crippen LogP contribution in [0.3, 0.4) is 0 Å². The van der Waals surface area contributed by atoms with Gasteiger partial charge in [-0.25, -0.2) is 0 Å². The van der Waals surface area contributed by atoms with Crippen molar-refractivity contribution in [2.45, 2.75) is 0 Å². The molecule has 0 bridgehead atoms. The van der Waals surface area contributed by atoms with Crippen LogP contribution >= 0.6 is 0 Å². The quantitative estimate of drug-likeness (QED) is 0.566. The molecule has 0 unspecified atom stereocenters. The molecule has 0 atom stereocenters. The van der Waals surface area contributed by atoms with Crippen LogP contribution in [0.25, 0.3) is 0 Å². The molecule has 2 aromatic carbocycles. The number of hydrogen-bond donors (Lipinski definition) is 0. The summed E-state index contributed by atoms with van der Waals surface area (Å²) in [5.74, 6) is -0.128. The average molecular weight is 256 g/mol. The van der Waals surface area contributed by atoms with Crippen molar-refractivity contribution < 1.29 is 9.59 Å². The SMILES string of the molecule is O=C1c2ccccc2C(=O)c2ccccc21.[NaH].[NaH]. The van der Waals surface area contributed by atoms with Gasteiger partial charge in [0.25, 0.3) is 0 Å². The van der Waals surface area contributed by atoms with E-state index in [0.717, 1.165) is 0 Å². The number of carbonyl (C=O) groups is 2. The molecule has 0 amide bonds. The second kappa shape index (κ2) is 6.29. The minimum absolute atomic E-state index is 0. The van der Waals surface area contributed by atoms with Gasteiger partial charge in [-0.15, -0.1) is 0 Å². The topological polar surface area (TPSA) is 34.1 Å². The third-order valence-corrected chi connectivity index (χ3v) is 2.83. The molecule has 2 aromatic rings. The molecular weight excluding hydrogens is 246 g/mol. The maximum atomic E-state index is 12.1. The Bertz CT molecular complexity index is 515. The van der Waals surface area contributed by atoms with E-state index < -0.39 is 0 Å². The van der Waals surface area contributed by atoms with Crippen LogP contribution in [0.2, 0.25) is 0 Å². The van der Waals surface area contributed by atoms with Crippen molar-refractivity contribution in [1.29, 1.82) is 0 Å². The summed E-state index contributed by atoms with van der Waals surface area (Å²) in [6, 6.07) is 13.9. The summed E-state index contributed by atoms with van der Waals surface area (Å²) < 4.78 is 0. The number of hydrogen-bond acceptors (Lipinski definition) is 2. The molecule has 1 aliphatic carbocycles. The molecule has 0 saturated heterocycles. The second-order valence-electron chi connectivity index (χ2n) is 3.75. The molecule has 0 saturated carbocycles. The van der Waals surface area contributed by atoms with E-state index in [9.17, 15) is 9.59 Å². The molecule has 0 aliphatic heterocycles. The summed E-state index contributed by atoms with van der Waals surface area (Å²) in [6.45, 7) is 0. The first-order valence-corrected chi connectivity index (χ1v) is 5.06. The Morgan fingerprint density at radius 1 is 0.500 bits per heavy atom. The zero-order valence-corrected chi connectivity index (χ0v) is 8.44. The fourth-order valence-electron chi connectivity index (χ4n) is 2.05. The van der Waals surface area contributed by atoms with Gasteiger partial charge < -0.3 is 0 Å². The Kier molecular flexibility index (Phi) is 5.53. The molecule has 2 nitrogen and oxygen atoms in total. The molecule has 18 heavy (non-hydrogen) atoms. The summed E-state index contributed by atoms with van der Waals surface area (Å²) in [6.07, 6.45) is 0. The number of ketones is 2. The molecule has 0 fully saturated rings. The first-order valence-electron chi connectivity index (χ1n) is 5.06. The van der Waals surface area contributed by atoms with Crippen molar-refractivity contribution in [2.24, 2.45) is 0 Å². The number of carbonyl (C=O) groups excluding carboxylic acids is 2. The molecule has 0 radical (unpaired) electrons. The molecule has 4 heteroatoms. The van der Waals surface area contributed by atoms with Crippen LogP contribution in [0.1, 0.15) is 31.8 Å². The monoisotopic (exact) mass is 256 g/mol. The van der Waals surface area contributed by atoms with Gasteiger partial charge in [0.15, 0.2) is 11.6 Å². The van der Waals surface area contributed by atoms with Crippen LogP contribution in [0.5, 0.6) is 0 Å². The molecule has 0 aromatic heterocycles. The summed E-state index contributed by atoms with van der Waals surface area (Å²) >= 11 is 0. The van der Waals surface area contributed by atoms with Crippen molar-refractivity contribution in [3.8, 4) is 0 Å². The zero-order valence-electron chi connectivity index (χ0n) is 8.44. The van der Waals surface area contributed by atoms with E-state index in [2.05, 4.69) is 0 Å². The van der Waals surface area contributed by atoms with Gasteiger partial charge in [0.2, 0.25) is 0 Å². The Hall–Kier alpha value is -0.220. The first kappa shape index (κ1) is 15.8. The molecule has 3 rings (SSSR count). The van der Waals surface area contributed by atoms with E-state index in [1.54, 1.807) is 48.5 Å². The van der Waals surface area contributed by atoms with Crippen molar-refractivity contribution in [2.75, 3.05) is 0 Å². The van der Waals surface area contributed by atoms with Gasteiger partial charge in [-0.1, -0.05) is 48.5 Å². The zero-order chi connectivity index (χ0) is 11.1. The molecule has 0 N–H and O–H groups in total. The van der Waals surface area contributed by atoms with Gasteiger partial charge in [0.05, 0.1) is 0 Å². The van der Waals surface area contributed by atoms with Crippen molar-refractivity contribution in [3.63, 3.8) is 0 Å². The van der Waals surface area contributed by atoms with E-state index in [1.807, 2.05) is 0 Å². The van der Waals surface area contributed by atoms with Crippen LogP contribution in [0.15, 0.2) is 48.5 Å². The Morgan fingerprint density at radius 3 is 0.944 bits per heavy atom. The average Bonchev–Trinajstić information content (AvgIpc) is 2.36. The Morgan fingerprint density at radius 2 is 0.722 bits per heavy atom. The van der Waals surface area contributed by atoms with Crippen molar-refractivity contribution in [1.82, 2.24) is 0 Å². The minimum atomic E-state index is -0.0641. The Balaban J connectivity index is 0.000000810. The standard InChI is InChI=1S/C14H8O2.2Na.2H/c15-13-9-5-1-2-6-10(9)14(16)12-8-4-3-7-11(12)13;;;;/h1-8H;;;;. The fraction of sp³-hybridized carbons (Fsp3) is 0. The Labute approximate surface area is 149 Å². The molecule has 0 spiro atoms.